The number of hydrogen-bond acceptors (Lipinski definition) is 11. The number of halogens is 3. The summed E-state index contributed by atoms with van der Waals surface area (Å²) in [6.07, 6.45) is -1.90. The predicted octanol–water partition coefficient (Wildman–Crippen LogP) is 5.85. The molecule has 4 rings (SSSR count). The van der Waals surface area contributed by atoms with E-state index in [2.05, 4.69) is 30.4 Å². The molecular weight excluding hydrogens is 595 g/mol. The first-order chi connectivity index (χ1) is 21.4. The maximum Gasteiger partial charge on any atom is 0.435 e. The highest BCUT2D eigenvalue weighted by Crippen LogP contribution is 2.34. The summed E-state index contributed by atoms with van der Waals surface area (Å²) >= 11 is 0. The van der Waals surface area contributed by atoms with Crippen molar-refractivity contribution >= 4 is 23.3 Å². The number of esters is 1. The van der Waals surface area contributed by atoms with Gasteiger partial charge in [-0.3, -0.25) is 4.99 Å². The van der Waals surface area contributed by atoms with E-state index in [-0.39, 0.29) is 47.7 Å². The smallest absolute Gasteiger partial charge is 0.435 e. The molecule has 0 aliphatic carbocycles. The number of hydrogen-bond donors (Lipinski definition) is 1. The van der Waals surface area contributed by atoms with Crippen molar-refractivity contribution in [1.82, 2.24) is 24.7 Å². The molecule has 15 heteroatoms. The van der Waals surface area contributed by atoms with Gasteiger partial charge in [-0.15, -0.1) is 0 Å². The molecule has 238 valence electrons. The standard InChI is InChI=1S/C30H32F3N7O5/c1-7-44-28(41)23-11-19(15-35-27(23)45-9-8-34-17(2)3)24-16-36-29(37-20-12-21(42-5)14-22(13-20)43-6)38-26(24)40-18(4)10-25(39-40)30(31,32)33/h10-16H,7-9H2,1-6H3,(H,36,37,38). The molecule has 12 nitrogen and oxygen atoms in total. The summed E-state index contributed by atoms with van der Waals surface area (Å²) in [6, 6.07) is 7.38. The zero-order valence-corrected chi connectivity index (χ0v) is 25.5. The molecule has 1 aromatic carbocycles. The molecule has 0 bridgehead atoms. The Hall–Kier alpha value is -5.21. The number of aromatic nitrogens is 5. The van der Waals surface area contributed by atoms with Gasteiger partial charge in [-0.05, 0) is 39.8 Å². The molecule has 0 saturated carbocycles. The predicted molar refractivity (Wildman–Crippen MR) is 160 cm³/mol. The van der Waals surface area contributed by atoms with Crippen molar-refractivity contribution < 1.29 is 36.9 Å². The Morgan fingerprint density at radius 1 is 1.02 bits per heavy atom. The number of carbonyl (C=O) groups is 1. The number of ether oxygens (including phenoxy) is 4. The number of carbonyl (C=O) groups excluding carboxylic acids is 1. The first-order valence-corrected chi connectivity index (χ1v) is 13.7. The van der Waals surface area contributed by atoms with Gasteiger partial charge in [-0.1, -0.05) is 0 Å². The van der Waals surface area contributed by atoms with Crippen LogP contribution in [0.5, 0.6) is 17.4 Å². The molecule has 0 amide bonds. The summed E-state index contributed by atoms with van der Waals surface area (Å²) in [6.45, 7) is 7.42. The highest BCUT2D eigenvalue weighted by atomic mass is 19.4. The molecule has 3 aromatic heterocycles. The van der Waals surface area contributed by atoms with Crippen molar-refractivity contribution in [2.75, 3.05) is 39.3 Å². The molecule has 1 N–H and O–H groups in total. The molecule has 0 aliphatic rings. The van der Waals surface area contributed by atoms with Crippen molar-refractivity contribution in [3.05, 3.63) is 59.7 Å². The lowest BCUT2D eigenvalue weighted by Crippen LogP contribution is -2.13. The van der Waals surface area contributed by atoms with Gasteiger partial charge in [-0.25, -0.2) is 19.4 Å². The number of rotatable bonds is 12. The topological polar surface area (TPSA) is 135 Å². The molecule has 0 unspecified atom stereocenters. The van der Waals surface area contributed by atoms with Gasteiger partial charge in [0.2, 0.25) is 11.8 Å². The van der Waals surface area contributed by atoms with E-state index in [9.17, 15) is 18.0 Å². The van der Waals surface area contributed by atoms with Gasteiger partial charge in [0, 0.05) is 58.8 Å². The van der Waals surface area contributed by atoms with Gasteiger partial charge in [0.25, 0.3) is 0 Å². The minimum absolute atomic E-state index is 0.00611. The number of anilines is 2. The molecule has 0 aliphatic heterocycles. The van der Waals surface area contributed by atoms with Gasteiger partial charge in [0.15, 0.2) is 11.5 Å². The van der Waals surface area contributed by atoms with Crippen LogP contribution in [0.1, 0.15) is 42.5 Å². The molecule has 3 heterocycles. The van der Waals surface area contributed by atoms with E-state index in [0.29, 0.717) is 29.3 Å². The van der Waals surface area contributed by atoms with Crippen LogP contribution in [0.4, 0.5) is 24.8 Å². The number of pyridine rings is 1. The van der Waals surface area contributed by atoms with Crippen molar-refractivity contribution in [1.29, 1.82) is 0 Å². The first kappa shape index (κ1) is 32.7. The van der Waals surface area contributed by atoms with Crippen LogP contribution in [-0.2, 0) is 10.9 Å². The summed E-state index contributed by atoms with van der Waals surface area (Å²) in [4.78, 5) is 30.4. The van der Waals surface area contributed by atoms with Crippen LogP contribution < -0.4 is 19.5 Å². The van der Waals surface area contributed by atoms with Crippen LogP contribution in [0.15, 0.2) is 47.7 Å². The number of nitrogens with zero attached hydrogens (tertiary/aromatic N) is 6. The minimum atomic E-state index is -4.70. The lowest BCUT2D eigenvalue weighted by molar-refractivity contribution is -0.141. The fourth-order valence-electron chi connectivity index (χ4n) is 4.12. The summed E-state index contributed by atoms with van der Waals surface area (Å²) in [5.41, 5.74) is 0.966. The molecule has 0 atom stereocenters. The average Bonchev–Trinajstić information content (AvgIpc) is 3.41. The number of aliphatic imine (C=N–C) groups is 1. The molecular formula is C30H32F3N7O5. The van der Waals surface area contributed by atoms with E-state index < -0.39 is 17.8 Å². The summed E-state index contributed by atoms with van der Waals surface area (Å²) in [5.74, 6) is 0.333. The summed E-state index contributed by atoms with van der Waals surface area (Å²) in [5, 5.41) is 6.82. The third-order valence-corrected chi connectivity index (χ3v) is 6.17. The maximum atomic E-state index is 13.6. The van der Waals surface area contributed by atoms with Gasteiger partial charge < -0.3 is 24.3 Å². The van der Waals surface area contributed by atoms with Crippen molar-refractivity contribution in [2.45, 2.75) is 33.9 Å². The fourth-order valence-corrected chi connectivity index (χ4v) is 4.12. The Balaban J connectivity index is 1.84. The van der Waals surface area contributed by atoms with Gasteiger partial charge >= 0.3 is 12.1 Å². The van der Waals surface area contributed by atoms with Gasteiger partial charge in [-0.2, -0.15) is 23.3 Å². The highest BCUT2D eigenvalue weighted by Gasteiger charge is 2.35. The van der Waals surface area contributed by atoms with E-state index >= 15 is 0 Å². The number of aryl methyl sites for hydroxylation is 1. The Kier molecular flexibility index (Phi) is 10.2. The van der Waals surface area contributed by atoms with E-state index in [0.717, 1.165) is 16.5 Å². The maximum absolute atomic E-state index is 13.6. The van der Waals surface area contributed by atoms with E-state index in [1.807, 2.05) is 13.8 Å². The SMILES string of the molecule is CCOC(=O)c1cc(-c2cnc(Nc3cc(OC)cc(OC)c3)nc2-n2nc(C(F)(F)F)cc2C)cnc1OCCN=C(C)C. The minimum Gasteiger partial charge on any atom is -0.497 e. The number of methoxy groups -OCH3 is 2. The van der Waals surface area contributed by atoms with Crippen LogP contribution in [0.3, 0.4) is 0 Å². The Bertz CT molecular complexity index is 1680. The zero-order chi connectivity index (χ0) is 32.7. The van der Waals surface area contributed by atoms with Gasteiger partial charge in [0.1, 0.15) is 23.7 Å². The molecule has 45 heavy (non-hydrogen) atoms. The van der Waals surface area contributed by atoms with Crippen LogP contribution >= 0.6 is 0 Å². The van der Waals surface area contributed by atoms with Crippen molar-refractivity contribution in [2.24, 2.45) is 4.99 Å². The Morgan fingerprint density at radius 3 is 2.33 bits per heavy atom. The summed E-state index contributed by atoms with van der Waals surface area (Å²) < 4.78 is 63.5. The second kappa shape index (κ2) is 14.1. The van der Waals surface area contributed by atoms with Crippen molar-refractivity contribution in [3.63, 3.8) is 0 Å². The second-order valence-electron chi connectivity index (χ2n) is 9.71. The van der Waals surface area contributed by atoms with E-state index in [1.54, 1.807) is 25.1 Å². The van der Waals surface area contributed by atoms with Crippen LogP contribution in [0.2, 0.25) is 0 Å². The third kappa shape index (κ3) is 8.04. The van der Waals surface area contributed by atoms with Crippen LogP contribution in [0, 0.1) is 6.92 Å². The molecule has 4 aromatic rings. The normalized spacial score (nSPS) is 11.1. The third-order valence-electron chi connectivity index (χ3n) is 6.17. The quantitative estimate of drug-likeness (QED) is 0.116. The van der Waals surface area contributed by atoms with Crippen LogP contribution in [-0.4, -0.2) is 70.4 Å². The lowest BCUT2D eigenvalue weighted by atomic mass is 10.1. The average molecular weight is 628 g/mol. The molecule has 0 fully saturated rings. The summed E-state index contributed by atoms with van der Waals surface area (Å²) in [7, 11) is 2.99. The number of benzene rings is 1. The Labute approximate surface area is 257 Å². The largest absolute Gasteiger partial charge is 0.497 e. The number of nitrogens with one attached hydrogen (secondary N) is 1. The Morgan fingerprint density at radius 2 is 1.73 bits per heavy atom. The lowest BCUT2D eigenvalue weighted by Gasteiger charge is -2.15. The first-order valence-electron chi connectivity index (χ1n) is 13.7. The van der Waals surface area contributed by atoms with Crippen LogP contribution in [0.25, 0.3) is 16.9 Å². The second-order valence-corrected chi connectivity index (χ2v) is 9.71. The molecule has 0 radical (unpaired) electrons. The number of alkyl halides is 3. The van der Waals surface area contributed by atoms with E-state index in [1.165, 1.54) is 39.6 Å². The van der Waals surface area contributed by atoms with Crippen molar-refractivity contribution in [3.8, 4) is 34.3 Å². The molecule has 0 spiro atoms. The van der Waals surface area contributed by atoms with E-state index in [4.69, 9.17) is 18.9 Å². The fraction of sp³-hybridized carbons (Fsp3) is 0.333. The monoisotopic (exact) mass is 627 g/mol. The highest BCUT2D eigenvalue weighted by molar-refractivity contribution is 5.93. The zero-order valence-electron chi connectivity index (χ0n) is 25.5. The van der Waals surface area contributed by atoms with Gasteiger partial charge in [0.05, 0.1) is 27.4 Å². The molecule has 0 saturated heterocycles.